The monoisotopic (exact) mass is 224 g/mol. The Labute approximate surface area is 91.4 Å². The molecule has 7 heteroatoms. The Balaban J connectivity index is 2.10. The molecule has 7 nitrogen and oxygen atoms in total. The molecule has 2 heterocycles. The third-order valence-corrected chi connectivity index (χ3v) is 2.43. The van der Waals surface area contributed by atoms with Gasteiger partial charge in [-0.05, 0) is 0 Å². The summed E-state index contributed by atoms with van der Waals surface area (Å²) in [5, 5.41) is 17.8. The number of hydrogen-bond donors (Lipinski definition) is 3. The van der Waals surface area contributed by atoms with Crippen molar-refractivity contribution < 1.29 is 14.7 Å². The Hall–Kier alpha value is -1.89. The van der Waals surface area contributed by atoms with Gasteiger partial charge in [0.15, 0.2) is 5.69 Å². The average molecular weight is 224 g/mol. The van der Waals surface area contributed by atoms with Crippen LogP contribution in [0.25, 0.3) is 0 Å². The predicted octanol–water partition coefficient (Wildman–Crippen LogP) is -0.847. The lowest BCUT2D eigenvalue weighted by atomic mass is 10.3. The van der Waals surface area contributed by atoms with Crippen LogP contribution in [0.2, 0.25) is 0 Å². The van der Waals surface area contributed by atoms with E-state index in [1.54, 1.807) is 4.90 Å². The van der Waals surface area contributed by atoms with Crippen molar-refractivity contribution in [3.63, 3.8) is 0 Å². The molecule has 1 aromatic heterocycles. The highest BCUT2D eigenvalue weighted by Crippen LogP contribution is 2.05. The van der Waals surface area contributed by atoms with Crippen LogP contribution >= 0.6 is 0 Å². The predicted molar refractivity (Wildman–Crippen MR) is 54.3 cm³/mol. The van der Waals surface area contributed by atoms with Crippen LogP contribution in [0.5, 0.6) is 0 Å². The molecule has 0 aromatic carbocycles. The lowest BCUT2D eigenvalue weighted by Gasteiger charge is -2.26. The number of nitrogens with one attached hydrogen (secondary N) is 2. The van der Waals surface area contributed by atoms with Crippen molar-refractivity contribution in [1.29, 1.82) is 0 Å². The molecular formula is C9H12N4O3. The maximum absolute atomic E-state index is 11.9. The fourth-order valence-corrected chi connectivity index (χ4v) is 1.57. The summed E-state index contributed by atoms with van der Waals surface area (Å²) in [4.78, 5) is 24.1. The molecule has 2 rings (SSSR count). The van der Waals surface area contributed by atoms with Gasteiger partial charge in [0.1, 0.15) is 5.69 Å². The minimum Gasteiger partial charge on any atom is -0.477 e. The molecule has 1 amide bonds. The van der Waals surface area contributed by atoms with Crippen molar-refractivity contribution in [1.82, 2.24) is 20.4 Å². The molecule has 1 saturated heterocycles. The van der Waals surface area contributed by atoms with Crippen molar-refractivity contribution >= 4 is 11.9 Å². The molecule has 1 aliphatic rings. The standard InChI is InChI=1S/C9H12N4O3/c14-8(13-3-1-10-2-4-13)6-5-7(9(15)16)12-11-6/h5,10H,1-4H2,(H,11,12)(H,15,16). The SMILES string of the molecule is O=C(O)c1cc(C(=O)N2CCNCC2)n[nH]1. The summed E-state index contributed by atoms with van der Waals surface area (Å²) in [6.07, 6.45) is 0. The first kappa shape index (κ1) is 10.6. The molecule has 0 aliphatic carbocycles. The summed E-state index contributed by atoms with van der Waals surface area (Å²) in [6, 6.07) is 1.26. The van der Waals surface area contributed by atoms with Gasteiger partial charge in [-0.25, -0.2) is 4.79 Å². The third kappa shape index (κ3) is 2.03. The molecule has 0 atom stereocenters. The number of carboxylic acid groups (broad SMARTS) is 1. The van der Waals surface area contributed by atoms with E-state index >= 15 is 0 Å². The molecule has 86 valence electrons. The largest absolute Gasteiger partial charge is 0.477 e. The van der Waals surface area contributed by atoms with Crippen molar-refractivity contribution in [2.45, 2.75) is 0 Å². The van der Waals surface area contributed by atoms with Gasteiger partial charge < -0.3 is 15.3 Å². The topological polar surface area (TPSA) is 98.3 Å². The normalized spacial score (nSPS) is 16.1. The van der Waals surface area contributed by atoms with Gasteiger partial charge in [-0.3, -0.25) is 9.89 Å². The molecule has 3 N–H and O–H groups in total. The Morgan fingerprint density at radius 1 is 1.38 bits per heavy atom. The average Bonchev–Trinajstić information content (AvgIpc) is 2.78. The summed E-state index contributed by atoms with van der Waals surface area (Å²) >= 11 is 0. The summed E-state index contributed by atoms with van der Waals surface area (Å²) in [7, 11) is 0. The Kier molecular flexibility index (Phi) is 2.86. The van der Waals surface area contributed by atoms with Gasteiger partial charge in [0, 0.05) is 32.2 Å². The highest BCUT2D eigenvalue weighted by Gasteiger charge is 2.21. The number of aromatic nitrogens is 2. The van der Waals surface area contributed by atoms with Gasteiger partial charge in [-0.2, -0.15) is 5.10 Å². The highest BCUT2D eigenvalue weighted by molar-refractivity contribution is 5.95. The molecule has 0 unspecified atom stereocenters. The van der Waals surface area contributed by atoms with Gasteiger partial charge in [-0.1, -0.05) is 0 Å². The molecule has 16 heavy (non-hydrogen) atoms. The van der Waals surface area contributed by atoms with Crippen LogP contribution in [0.15, 0.2) is 6.07 Å². The third-order valence-electron chi connectivity index (χ3n) is 2.43. The number of rotatable bonds is 2. The highest BCUT2D eigenvalue weighted by atomic mass is 16.4. The number of carbonyl (C=O) groups excluding carboxylic acids is 1. The van der Waals surface area contributed by atoms with Crippen LogP contribution in [0.3, 0.4) is 0 Å². The first-order chi connectivity index (χ1) is 7.68. The fraction of sp³-hybridized carbons (Fsp3) is 0.444. The van der Waals surface area contributed by atoms with Crippen molar-refractivity contribution in [3.8, 4) is 0 Å². The Morgan fingerprint density at radius 3 is 2.62 bits per heavy atom. The minimum atomic E-state index is -1.12. The van der Waals surface area contributed by atoms with Gasteiger partial charge in [0.25, 0.3) is 5.91 Å². The molecule has 1 aromatic rings. The van der Waals surface area contributed by atoms with E-state index in [-0.39, 0.29) is 17.3 Å². The first-order valence-corrected chi connectivity index (χ1v) is 4.97. The molecule has 0 radical (unpaired) electrons. The van der Waals surface area contributed by atoms with Crippen LogP contribution in [0, 0.1) is 0 Å². The molecule has 1 fully saturated rings. The van der Waals surface area contributed by atoms with E-state index in [0.717, 1.165) is 13.1 Å². The summed E-state index contributed by atoms with van der Waals surface area (Å²) in [6.45, 7) is 2.74. The number of aromatic carboxylic acids is 1. The van der Waals surface area contributed by atoms with E-state index in [1.165, 1.54) is 6.07 Å². The molecular weight excluding hydrogens is 212 g/mol. The zero-order valence-corrected chi connectivity index (χ0v) is 8.56. The second-order valence-corrected chi connectivity index (χ2v) is 3.51. The van der Waals surface area contributed by atoms with E-state index in [0.29, 0.717) is 13.1 Å². The van der Waals surface area contributed by atoms with Crippen molar-refractivity contribution in [2.75, 3.05) is 26.2 Å². The Bertz CT molecular complexity index is 409. The number of amides is 1. The lowest BCUT2D eigenvalue weighted by Crippen LogP contribution is -2.46. The lowest BCUT2D eigenvalue weighted by molar-refractivity contribution is 0.0689. The summed E-state index contributed by atoms with van der Waals surface area (Å²) in [5.74, 6) is -1.35. The van der Waals surface area contributed by atoms with E-state index in [4.69, 9.17) is 5.11 Å². The number of H-pyrrole nitrogens is 1. The van der Waals surface area contributed by atoms with Crippen LogP contribution in [0.1, 0.15) is 21.0 Å². The zero-order valence-electron chi connectivity index (χ0n) is 8.56. The number of carboxylic acids is 1. The van der Waals surface area contributed by atoms with Gasteiger partial charge in [0.2, 0.25) is 0 Å². The summed E-state index contributed by atoms with van der Waals surface area (Å²) in [5.41, 5.74) is 0.0813. The fourth-order valence-electron chi connectivity index (χ4n) is 1.57. The maximum atomic E-state index is 11.9. The van der Waals surface area contributed by atoms with Gasteiger partial charge in [0.05, 0.1) is 0 Å². The van der Waals surface area contributed by atoms with Crippen LogP contribution in [-0.4, -0.2) is 58.3 Å². The number of hydrogen-bond acceptors (Lipinski definition) is 4. The van der Waals surface area contributed by atoms with E-state index < -0.39 is 5.97 Å². The van der Waals surface area contributed by atoms with E-state index in [9.17, 15) is 9.59 Å². The number of piperazine rings is 1. The Morgan fingerprint density at radius 2 is 2.06 bits per heavy atom. The first-order valence-electron chi connectivity index (χ1n) is 4.97. The second kappa shape index (κ2) is 4.31. The van der Waals surface area contributed by atoms with Crippen molar-refractivity contribution in [3.05, 3.63) is 17.5 Å². The van der Waals surface area contributed by atoms with Gasteiger partial charge >= 0.3 is 5.97 Å². The number of carbonyl (C=O) groups is 2. The molecule has 0 spiro atoms. The molecule has 0 bridgehead atoms. The minimum absolute atomic E-state index is 0.0708. The van der Waals surface area contributed by atoms with E-state index in [2.05, 4.69) is 15.5 Å². The molecule has 1 aliphatic heterocycles. The molecule has 0 saturated carbocycles. The zero-order chi connectivity index (χ0) is 11.5. The van der Waals surface area contributed by atoms with Crippen molar-refractivity contribution in [2.24, 2.45) is 0 Å². The second-order valence-electron chi connectivity index (χ2n) is 3.51. The van der Waals surface area contributed by atoms with E-state index in [1.807, 2.05) is 0 Å². The van der Waals surface area contributed by atoms with Crippen LogP contribution in [0.4, 0.5) is 0 Å². The van der Waals surface area contributed by atoms with Gasteiger partial charge in [-0.15, -0.1) is 0 Å². The number of aromatic amines is 1. The smallest absolute Gasteiger partial charge is 0.353 e. The number of nitrogens with zero attached hydrogens (tertiary/aromatic N) is 2. The maximum Gasteiger partial charge on any atom is 0.353 e. The van der Waals surface area contributed by atoms with Crippen LogP contribution in [-0.2, 0) is 0 Å². The summed E-state index contributed by atoms with van der Waals surface area (Å²) < 4.78 is 0. The quantitative estimate of drug-likeness (QED) is 0.608. The van der Waals surface area contributed by atoms with Crippen LogP contribution < -0.4 is 5.32 Å².